The highest BCUT2D eigenvalue weighted by atomic mass is 19.4. The molecule has 0 aliphatic heterocycles. The molecule has 1 N–H and O–H groups in total. The summed E-state index contributed by atoms with van der Waals surface area (Å²) in [7, 11) is 0. The summed E-state index contributed by atoms with van der Waals surface area (Å²) in [6.45, 7) is -0.727. The highest BCUT2D eigenvalue weighted by Gasteiger charge is 2.41. The van der Waals surface area contributed by atoms with E-state index in [1.54, 1.807) is 0 Å². The molecule has 2 aromatic rings. The summed E-state index contributed by atoms with van der Waals surface area (Å²) in [5.74, 6) is -13.0. The molecule has 0 fully saturated rings. The van der Waals surface area contributed by atoms with Crippen LogP contribution in [0.2, 0.25) is 0 Å². The molecule has 214 valence electrons. The number of allylic oxidation sites excluding steroid dienone is 1. The van der Waals surface area contributed by atoms with Crippen LogP contribution in [0.1, 0.15) is 46.3 Å². The molecule has 0 aliphatic carbocycles. The molecule has 0 bridgehead atoms. The second-order valence-electron chi connectivity index (χ2n) is 8.31. The first kappa shape index (κ1) is 31.7. The third kappa shape index (κ3) is 8.48. The fourth-order valence-electron chi connectivity index (χ4n) is 3.36. The fraction of sp³-hybridized carbons (Fsp3) is 0.333. The standard InChI is InChI=1S/C24H17F12NO2/c1-11(21(39)37-10-22(28,29)30)8-18(38)13-4-2-12(9-16(13)24(34,35)36)3-6-15(23(31,32)33)14-5-7-17(25)20(27)19(14)26/h2-7,9,11,15H,8,10H2,1H3,(H,37,39)/b6-3+/t11-,15?/m0/s1. The molecule has 39 heavy (non-hydrogen) atoms. The number of carbonyl (C=O) groups excluding carboxylic acids is 2. The van der Waals surface area contributed by atoms with E-state index in [1.807, 2.05) is 0 Å². The number of hydrogen-bond donors (Lipinski definition) is 1. The normalized spacial score (nSPS) is 14.4. The largest absolute Gasteiger partial charge is 0.417 e. The molecule has 3 nitrogen and oxygen atoms in total. The highest BCUT2D eigenvalue weighted by molar-refractivity contribution is 6.00. The monoisotopic (exact) mass is 579 g/mol. The van der Waals surface area contributed by atoms with Gasteiger partial charge in [0.2, 0.25) is 5.91 Å². The summed E-state index contributed by atoms with van der Waals surface area (Å²) in [6.07, 6.45) is -15.5. The van der Waals surface area contributed by atoms with Crippen molar-refractivity contribution in [3.8, 4) is 0 Å². The van der Waals surface area contributed by atoms with Crippen molar-refractivity contribution in [1.82, 2.24) is 5.32 Å². The van der Waals surface area contributed by atoms with Crippen LogP contribution in [0.5, 0.6) is 0 Å². The predicted molar refractivity (Wildman–Crippen MR) is 113 cm³/mol. The van der Waals surface area contributed by atoms with Gasteiger partial charge >= 0.3 is 18.5 Å². The predicted octanol–water partition coefficient (Wildman–Crippen LogP) is 7.37. The second-order valence-corrected chi connectivity index (χ2v) is 8.31. The van der Waals surface area contributed by atoms with Crippen molar-refractivity contribution in [3.05, 3.63) is 76.1 Å². The van der Waals surface area contributed by atoms with Crippen LogP contribution < -0.4 is 5.32 Å². The van der Waals surface area contributed by atoms with Gasteiger partial charge < -0.3 is 5.32 Å². The average Bonchev–Trinajstić information content (AvgIpc) is 2.80. The van der Waals surface area contributed by atoms with Gasteiger partial charge in [0.05, 0.1) is 5.56 Å². The first-order chi connectivity index (χ1) is 17.7. The van der Waals surface area contributed by atoms with Gasteiger partial charge in [-0.3, -0.25) is 9.59 Å². The quantitative estimate of drug-likeness (QED) is 0.202. The van der Waals surface area contributed by atoms with Crippen LogP contribution >= 0.6 is 0 Å². The van der Waals surface area contributed by atoms with Gasteiger partial charge in [-0.15, -0.1) is 0 Å². The smallest absolute Gasteiger partial charge is 0.347 e. The lowest BCUT2D eigenvalue weighted by atomic mass is 9.93. The molecule has 0 heterocycles. The first-order valence-electron chi connectivity index (χ1n) is 10.7. The molecule has 0 aromatic heterocycles. The molecule has 0 aliphatic rings. The molecule has 2 rings (SSSR count). The van der Waals surface area contributed by atoms with E-state index in [-0.39, 0.29) is 18.2 Å². The number of benzene rings is 2. The molecule has 0 radical (unpaired) electrons. The first-order valence-corrected chi connectivity index (χ1v) is 10.7. The van der Waals surface area contributed by atoms with Gasteiger partial charge in [0.25, 0.3) is 0 Å². The van der Waals surface area contributed by atoms with Crippen molar-refractivity contribution in [2.24, 2.45) is 5.92 Å². The summed E-state index contributed by atoms with van der Waals surface area (Å²) < 4.78 is 159. The summed E-state index contributed by atoms with van der Waals surface area (Å²) in [4.78, 5) is 24.2. The summed E-state index contributed by atoms with van der Waals surface area (Å²) >= 11 is 0. The average molecular weight is 579 g/mol. The molecule has 15 heteroatoms. The van der Waals surface area contributed by atoms with Crippen LogP contribution in [-0.4, -0.2) is 30.6 Å². The third-order valence-corrected chi connectivity index (χ3v) is 5.29. The van der Waals surface area contributed by atoms with E-state index in [0.717, 1.165) is 13.0 Å². The summed E-state index contributed by atoms with van der Waals surface area (Å²) in [5.41, 5.74) is -4.51. The van der Waals surface area contributed by atoms with E-state index in [9.17, 15) is 62.3 Å². The van der Waals surface area contributed by atoms with Crippen molar-refractivity contribution < 1.29 is 62.3 Å². The molecule has 0 spiro atoms. The Kier molecular flexibility index (Phi) is 9.51. The van der Waals surface area contributed by atoms with E-state index < -0.39 is 94.7 Å². The number of ketones is 1. The van der Waals surface area contributed by atoms with Crippen molar-refractivity contribution in [2.75, 3.05) is 6.54 Å². The second kappa shape index (κ2) is 11.7. The van der Waals surface area contributed by atoms with Gasteiger partial charge in [0, 0.05) is 23.5 Å². The molecule has 1 unspecified atom stereocenters. The maximum absolute atomic E-state index is 14.0. The number of nitrogens with one attached hydrogen (secondary N) is 1. The van der Waals surface area contributed by atoms with Crippen LogP contribution in [0, 0.1) is 23.4 Å². The zero-order valence-corrected chi connectivity index (χ0v) is 19.5. The van der Waals surface area contributed by atoms with Gasteiger partial charge in [0.15, 0.2) is 23.2 Å². The number of alkyl halides is 9. The zero-order valence-electron chi connectivity index (χ0n) is 19.5. The highest BCUT2D eigenvalue weighted by Crippen LogP contribution is 2.39. The summed E-state index contributed by atoms with van der Waals surface area (Å²) in [5, 5.41) is 1.49. The molecule has 1 amide bonds. The molecular weight excluding hydrogens is 562 g/mol. The topological polar surface area (TPSA) is 46.2 Å². The van der Waals surface area contributed by atoms with Gasteiger partial charge in [-0.1, -0.05) is 37.3 Å². The van der Waals surface area contributed by atoms with Crippen molar-refractivity contribution in [1.29, 1.82) is 0 Å². The molecular formula is C24H17F12NO2. The van der Waals surface area contributed by atoms with E-state index in [2.05, 4.69) is 0 Å². The SMILES string of the molecule is C[C@@H](CC(=O)c1ccc(/C=C/C(c2ccc(F)c(F)c2F)C(F)(F)F)cc1C(F)(F)F)C(=O)NCC(F)(F)F. The van der Waals surface area contributed by atoms with Crippen molar-refractivity contribution >= 4 is 17.8 Å². The Morgan fingerprint density at radius 3 is 2.05 bits per heavy atom. The van der Waals surface area contributed by atoms with Crippen LogP contribution in [0.25, 0.3) is 6.08 Å². The lowest BCUT2D eigenvalue weighted by Crippen LogP contribution is -2.37. The van der Waals surface area contributed by atoms with E-state index in [4.69, 9.17) is 0 Å². The Balaban J connectivity index is 2.38. The number of halogens is 12. The van der Waals surface area contributed by atoms with Crippen LogP contribution in [0.3, 0.4) is 0 Å². The number of hydrogen-bond acceptors (Lipinski definition) is 2. The van der Waals surface area contributed by atoms with E-state index in [0.29, 0.717) is 18.2 Å². The van der Waals surface area contributed by atoms with Crippen LogP contribution in [0.15, 0.2) is 36.4 Å². The number of amides is 1. The number of Topliss-reactive ketones (excluding diaryl/α,β-unsaturated/α-hetero) is 1. The van der Waals surface area contributed by atoms with Gasteiger partial charge in [-0.05, 0) is 17.7 Å². The van der Waals surface area contributed by atoms with Crippen LogP contribution in [0.4, 0.5) is 52.7 Å². The maximum atomic E-state index is 14.0. The van der Waals surface area contributed by atoms with Crippen molar-refractivity contribution in [3.63, 3.8) is 0 Å². The zero-order chi connectivity index (χ0) is 29.9. The van der Waals surface area contributed by atoms with Gasteiger partial charge in [-0.25, -0.2) is 13.2 Å². The lowest BCUT2D eigenvalue weighted by Gasteiger charge is -2.18. The Hall–Kier alpha value is -3.52. The Morgan fingerprint density at radius 1 is 0.897 bits per heavy atom. The van der Waals surface area contributed by atoms with E-state index >= 15 is 0 Å². The lowest BCUT2D eigenvalue weighted by molar-refractivity contribution is -0.140. The Bertz CT molecular complexity index is 1250. The van der Waals surface area contributed by atoms with Crippen LogP contribution in [-0.2, 0) is 11.0 Å². The minimum atomic E-state index is -5.27. The van der Waals surface area contributed by atoms with Gasteiger partial charge in [-0.2, -0.15) is 39.5 Å². The minimum Gasteiger partial charge on any atom is -0.347 e. The summed E-state index contributed by atoms with van der Waals surface area (Å²) in [6, 6.07) is 2.24. The van der Waals surface area contributed by atoms with E-state index in [1.165, 1.54) is 5.32 Å². The Morgan fingerprint density at radius 2 is 1.51 bits per heavy atom. The Labute approximate surface area is 212 Å². The molecule has 0 saturated carbocycles. The third-order valence-electron chi connectivity index (χ3n) is 5.29. The minimum absolute atomic E-state index is 0.208. The molecule has 2 aromatic carbocycles. The molecule has 0 saturated heterocycles. The van der Waals surface area contributed by atoms with Crippen molar-refractivity contribution in [2.45, 2.75) is 37.8 Å². The number of rotatable bonds is 8. The number of carbonyl (C=O) groups is 2. The fourth-order valence-corrected chi connectivity index (χ4v) is 3.36. The van der Waals surface area contributed by atoms with Gasteiger partial charge in [0.1, 0.15) is 12.5 Å². The maximum Gasteiger partial charge on any atom is 0.417 e. The molecule has 2 atom stereocenters.